The molecular weight excluding hydrogens is 746 g/mol. The molecule has 312 valence electrons. The maximum absolute atomic E-state index is 14.1. The number of fused-ring (bicyclic) bond motifs is 5. The van der Waals surface area contributed by atoms with Crippen LogP contribution in [0.3, 0.4) is 0 Å². The fourth-order valence-electron chi connectivity index (χ4n) is 9.93. The van der Waals surface area contributed by atoms with Crippen molar-refractivity contribution in [1.29, 1.82) is 0 Å². The van der Waals surface area contributed by atoms with Crippen molar-refractivity contribution in [2.75, 3.05) is 6.61 Å². The largest absolute Gasteiger partial charge is 0.459 e. The quantitative estimate of drug-likeness (QED) is 0.101. The second-order valence-electron chi connectivity index (χ2n) is 17.0. The number of amides is 1. The third-order valence-electron chi connectivity index (χ3n) is 12.9. The van der Waals surface area contributed by atoms with Gasteiger partial charge in [-0.2, -0.15) is 0 Å². The topological polar surface area (TPSA) is 252 Å². The molecule has 1 aromatic heterocycles. The minimum Gasteiger partial charge on any atom is -0.459 e. The second-order valence-corrected chi connectivity index (χ2v) is 17.0. The van der Waals surface area contributed by atoms with Crippen LogP contribution in [0.2, 0.25) is 0 Å². The van der Waals surface area contributed by atoms with Crippen LogP contribution in [0.15, 0.2) is 64.3 Å². The molecule has 1 aliphatic heterocycles. The standard InChI is InChI=1S/C41H53NO15/c1-19(2)16-23(42-35(49)24-14-11-15-53-24)28(45)37(51)55-30-20(3)27-29(46)32(47)39(7)25(44)17-26-40(18-54-26,57-21(4)43)31(39)34(41(52,33(30)48)38(27,5)6)56-36(50)22-12-9-8-10-13-22/h8-15,19,23,25-26,28-34,44-48,52H,16-18H2,1-7H3,(H,42,49)/t23-,25-,26+,28+,29+,30+,31?,32+,33-,34?,39+,40-,41+/m0/s1. The highest BCUT2D eigenvalue weighted by molar-refractivity contribution is 5.92. The van der Waals surface area contributed by atoms with Gasteiger partial charge in [-0.05, 0) is 54.7 Å². The highest BCUT2D eigenvalue weighted by atomic mass is 16.6. The van der Waals surface area contributed by atoms with Crippen LogP contribution in [0.25, 0.3) is 0 Å². The molecule has 16 nitrogen and oxygen atoms in total. The van der Waals surface area contributed by atoms with Gasteiger partial charge in [0.05, 0.1) is 42.6 Å². The van der Waals surface area contributed by atoms with Gasteiger partial charge in [0, 0.05) is 24.2 Å². The van der Waals surface area contributed by atoms with E-state index in [1.807, 2.05) is 0 Å². The molecule has 4 aliphatic rings. The Hall–Kier alpha value is -4.16. The number of esters is 3. The average Bonchev–Trinajstić information content (AvgIpc) is 3.70. The first-order chi connectivity index (χ1) is 26.6. The van der Waals surface area contributed by atoms with E-state index in [-0.39, 0.29) is 47.8 Å². The molecule has 1 amide bonds. The van der Waals surface area contributed by atoms with E-state index in [2.05, 4.69) is 5.32 Å². The molecule has 6 rings (SSSR count). The molecule has 2 bridgehead atoms. The maximum atomic E-state index is 14.1. The number of hydrogen-bond acceptors (Lipinski definition) is 15. The van der Waals surface area contributed by atoms with Crippen molar-refractivity contribution in [3.63, 3.8) is 0 Å². The van der Waals surface area contributed by atoms with Crippen LogP contribution in [-0.2, 0) is 28.5 Å². The number of nitrogens with one attached hydrogen (secondary N) is 1. The van der Waals surface area contributed by atoms with Gasteiger partial charge in [0.25, 0.3) is 5.91 Å². The summed E-state index contributed by atoms with van der Waals surface area (Å²) in [5.41, 5.74) is -8.41. The zero-order valence-electron chi connectivity index (χ0n) is 32.9. The van der Waals surface area contributed by atoms with Crippen molar-refractivity contribution in [3.05, 3.63) is 71.2 Å². The Labute approximate surface area is 329 Å². The summed E-state index contributed by atoms with van der Waals surface area (Å²) in [4.78, 5) is 53.9. The SMILES string of the molecule is CC(=O)O[C@@]12CO[C@@H]1C[C@H](O)[C@]1(C)C2C(OC(=O)c2ccccc2)[C@]2(O)[C@@H](O)[C@H](OC(=O)[C@H](O)[C@H](CC(C)C)NC(=O)c3ccco3)C(C)=C([C@@H](O)[C@H]1O)C2(C)C. The number of benzene rings is 1. The molecule has 57 heavy (non-hydrogen) atoms. The van der Waals surface area contributed by atoms with Crippen LogP contribution in [0.1, 0.15) is 82.2 Å². The Balaban J connectivity index is 1.51. The predicted octanol–water partition coefficient (Wildman–Crippen LogP) is 1.19. The van der Waals surface area contributed by atoms with Crippen LogP contribution in [0.4, 0.5) is 0 Å². The number of aliphatic hydroxyl groups excluding tert-OH is 5. The highest BCUT2D eigenvalue weighted by Gasteiger charge is 2.79. The lowest BCUT2D eigenvalue weighted by Crippen LogP contribution is -2.84. The van der Waals surface area contributed by atoms with Crippen molar-refractivity contribution in [3.8, 4) is 0 Å². The summed E-state index contributed by atoms with van der Waals surface area (Å²) in [6.45, 7) is 10.1. The first-order valence-electron chi connectivity index (χ1n) is 19.1. The van der Waals surface area contributed by atoms with Crippen LogP contribution in [-0.4, -0.2) is 127 Å². The average molecular weight is 800 g/mol. The van der Waals surface area contributed by atoms with Crippen LogP contribution >= 0.6 is 0 Å². The Bertz CT molecular complexity index is 1880. The summed E-state index contributed by atoms with van der Waals surface area (Å²) in [7, 11) is 0. The van der Waals surface area contributed by atoms with Crippen LogP contribution < -0.4 is 5.32 Å². The number of rotatable bonds is 10. The smallest absolute Gasteiger partial charge is 0.338 e. The number of ether oxygens (including phenoxy) is 4. The van der Waals surface area contributed by atoms with Gasteiger partial charge in [0.15, 0.2) is 23.6 Å². The summed E-state index contributed by atoms with van der Waals surface area (Å²) in [5, 5.41) is 76.4. The van der Waals surface area contributed by atoms with E-state index < -0.39 is 107 Å². The minimum atomic E-state index is -2.77. The summed E-state index contributed by atoms with van der Waals surface area (Å²) >= 11 is 0. The molecule has 7 N–H and O–H groups in total. The monoisotopic (exact) mass is 799 g/mol. The van der Waals surface area contributed by atoms with Crippen molar-refractivity contribution in [1.82, 2.24) is 5.32 Å². The van der Waals surface area contributed by atoms with E-state index >= 15 is 0 Å². The van der Waals surface area contributed by atoms with Crippen molar-refractivity contribution < 1.29 is 73.2 Å². The zero-order chi connectivity index (χ0) is 42.0. The van der Waals surface area contributed by atoms with Gasteiger partial charge >= 0.3 is 17.9 Å². The third-order valence-corrected chi connectivity index (χ3v) is 12.9. The van der Waals surface area contributed by atoms with Gasteiger partial charge in [-0.1, -0.05) is 52.8 Å². The minimum absolute atomic E-state index is 0.00987. The zero-order valence-corrected chi connectivity index (χ0v) is 32.9. The fraction of sp³-hybridized carbons (Fsp3) is 0.610. The lowest BCUT2D eigenvalue weighted by Gasteiger charge is -2.69. The van der Waals surface area contributed by atoms with Gasteiger partial charge in [0.2, 0.25) is 0 Å². The molecule has 2 saturated carbocycles. The molecule has 2 aromatic rings. The lowest BCUT2D eigenvalue weighted by molar-refractivity contribution is -0.370. The van der Waals surface area contributed by atoms with Gasteiger partial charge < -0.3 is 59.3 Å². The Morgan fingerprint density at radius 3 is 2.19 bits per heavy atom. The van der Waals surface area contributed by atoms with Gasteiger partial charge in [0.1, 0.15) is 30.0 Å². The van der Waals surface area contributed by atoms with E-state index in [0.717, 1.165) is 6.92 Å². The second kappa shape index (κ2) is 15.2. The van der Waals surface area contributed by atoms with Crippen LogP contribution in [0.5, 0.6) is 0 Å². The van der Waals surface area contributed by atoms with Crippen molar-refractivity contribution >= 4 is 23.8 Å². The molecule has 1 saturated heterocycles. The molecule has 3 fully saturated rings. The molecule has 16 heteroatoms. The van der Waals surface area contributed by atoms with E-state index in [9.17, 15) is 49.8 Å². The number of aliphatic hydroxyl groups is 6. The molecule has 1 aromatic carbocycles. The van der Waals surface area contributed by atoms with E-state index in [1.165, 1.54) is 58.2 Å². The van der Waals surface area contributed by atoms with E-state index in [1.54, 1.807) is 32.0 Å². The molecule has 2 heterocycles. The highest BCUT2D eigenvalue weighted by Crippen LogP contribution is 2.65. The summed E-state index contributed by atoms with van der Waals surface area (Å²) in [5.74, 6) is -5.64. The first kappa shape index (κ1) is 42.4. The number of carbonyl (C=O) groups is 4. The van der Waals surface area contributed by atoms with Crippen LogP contribution in [0, 0.1) is 22.7 Å². The molecule has 0 spiro atoms. The Morgan fingerprint density at radius 2 is 1.63 bits per heavy atom. The Morgan fingerprint density at radius 1 is 0.965 bits per heavy atom. The Kier molecular flexibility index (Phi) is 11.3. The molecule has 13 atom stereocenters. The normalized spacial score (nSPS) is 36.6. The molecule has 3 aliphatic carbocycles. The van der Waals surface area contributed by atoms with E-state index in [4.69, 9.17) is 23.4 Å². The number of hydrogen-bond donors (Lipinski definition) is 7. The maximum Gasteiger partial charge on any atom is 0.338 e. The number of carbonyl (C=O) groups excluding carboxylic acids is 4. The lowest BCUT2D eigenvalue weighted by atomic mass is 9.44. The first-order valence-corrected chi connectivity index (χ1v) is 19.1. The molecule has 2 unspecified atom stereocenters. The summed E-state index contributed by atoms with van der Waals surface area (Å²) in [6, 6.07) is 9.37. The third kappa shape index (κ3) is 6.68. The van der Waals surface area contributed by atoms with E-state index in [0.29, 0.717) is 0 Å². The van der Waals surface area contributed by atoms with Gasteiger partial charge in [-0.3, -0.25) is 9.59 Å². The van der Waals surface area contributed by atoms with Crippen molar-refractivity contribution in [2.24, 2.45) is 22.7 Å². The summed E-state index contributed by atoms with van der Waals surface area (Å²) in [6.07, 6.45) is -13.3. The van der Waals surface area contributed by atoms with Gasteiger partial charge in [-0.15, -0.1) is 0 Å². The molecule has 0 radical (unpaired) electrons. The van der Waals surface area contributed by atoms with Crippen molar-refractivity contribution in [2.45, 2.75) is 127 Å². The fourth-order valence-corrected chi connectivity index (χ4v) is 9.93. The predicted molar refractivity (Wildman–Crippen MR) is 197 cm³/mol. The summed E-state index contributed by atoms with van der Waals surface area (Å²) < 4.78 is 29.0. The molecular formula is C41H53NO15. The van der Waals surface area contributed by atoms with Gasteiger partial charge in [-0.25, -0.2) is 9.59 Å². The number of furan rings is 1.